The van der Waals surface area contributed by atoms with E-state index in [0.717, 1.165) is 23.2 Å². The number of nitrogens with one attached hydrogen (secondary N) is 1. The predicted octanol–water partition coefficient (Wildman–Crippen LogP) is 4.90. The highest BCUT2D eigenvalue weighted by Crippen LogP contribution is 2.25. The Bertz CT molecular complexity index is 1020. The summed E-state index contributed by atoms with van der Waals surface area (Å²) in [5.41, 5.74) is 6.56. The summed E-state index contributed by atoms with van der Waals surface area (Å²) in [6.45, 7) is 8.65. The molecule has 2 atom stereocenters. The maximum absolute atomic E-state index is 13.9. The van der Waals surface area contributed by atoms with Crippen LogP contribution >= 0.6 is 0 Å². The molecule has 0 fully saturated rings. The van der Waals surface area contributed by atoms with Gasteiger partial charge >= 0.3 is 0 Å². The van der Waals surface area contributed by atoms with Gasteiger partial charge in [0, 0.05) is 18.3 Å². The number of benzene rings is 3. The van der Waals surface area contributed by atoms with E-state index < -0.39 is 6.04 Å². The molecule has 2 unspecified atom stereocenters. The van der Waals surface area contributed by atoms with Crippen molar-refractivity contribution in [2.24, 2.45) is 0 Å². The fourth-order valence-electron chi connectivity index (χ4n) is 3.70. The van der Waals surface area contributed by atoms with E-state index in [9.17, 15) is 9.90 Å². The van der Waals surface area contributed by atoms with Crippen molar-refractivity contribution in [1.82, 2.24) is 5.32 Å². The van der Waals surface area contributed by atoms with Gasteiger partial charge in [0.25, 0.3) is 0 Å². The molecule has 2 N–H and O–H groups in total. The van der Waals surface area contributed by atoms with Crippen LogP contribution in [0.3, 0.4) is 0 Å². The Labute approximate surface area is 191 Å². The predicted molar refractivity (Wildman–Crippen MR) is 132 cm³/mol. The van der Waals surface area contributed by atoms with Crippen molar-refractivity contribution in [1.29, 1.82) is 0 Å². The van der Waals surface area contributed by atoms with Crippen LogP contribution in [0.4, 0.5) is 5.69 Å². The number of amides is 1. The molecule has 0 aliphatic carbocycles. The van der Waals surface area contributed by atoms with Crippen molar-refractivity contribution in [2.45, 2.75) is 46.2 Å². The summed E-state index contributed by atoms with van der Waals surface area (Å²) in [7, 11) is 0. The second kappa shape index (κ2) is 11.1. The zero-order chi connectivity index (χ0) is 23.1. The van der Waals surface area contributed by atoms with Crippen molar-refractivity contribution >= 4 is 11.6 Å². The van der Waals surface area contributed by atoms with Crippen LogP contribution in [0.25, 0.3) is 0 Å². The molecule has 0 spiro atoms. The normalized spacial score (nSPS) is 12.9. The van der Waals surface area contributed by atoms with Crippen molar-refractivity contribution < 1.29 is 9.90 Å². The first-order valence-electron chi connectivity index (χ1n) is 11.2. The summed E-state index contributed by atoms with van der Waals surface area (Å²) in [6, 6.07) is 23.6. The molecular formula is C28H34N2O2. The molecule has 1 amide bonds. The first kappa shape index (κ1) is 23.7. The molecule has 0 aliphatic rings. The number of aliphatic hydroxyl groups is 1. The van der Waals surface area contributed by atoms with E-state index in [1.165, 1.54) is 16.7 Å². The summed E-state index contributed by atoms with van der Waals surface area (Å²) >= 11 is 0. The van der Waals surface area contributed by atoms with E-state index in [1.54, 1.807) is 0 Å². The Hall–Kier alpha value is -2.95. The van der Waals surface area contributed by atoms with Crippen molar-refractivity contribution in [3.63, 3.8) is 0 Å². The minimum atomic E-state index is -0.544. The van der Waals surface area contributed by atoms with Crippen LogP contribution in [0.5, 0.6) is 0 Å². The molecule has 0 bridgehead atoms. The second-order valence-corrected chi connectivity index (χ2v) is 8.59. The second-order valence-electron chi connectivity index (χ2n) is 8.59. The molecule has 4 nitrogen and oxygen atoms in total. The van der Waals surface area contributed by atoms with Gasteiger partial charge < -0.3 is 10.0 Å². The van der Waals surface area contributed by atoms with Gasteiger partial charge in [-0.2, -0.15) is 0 Å². The maximum atomic E-state index is 13.9. The molecular weight excluding hydrogens is 396 g/mol. The van der Waals surface area contributed by atoms with E-state index in [4.69, 9.17) is 0 Å². The van der Waals surface area contributed by atoms with Gasteiger partial charge in [0.2, 0.25) is 5.91 Å². The molecule has 3 aromatic rings. The number of rotatable bonds is 9. The van der Waals surface area contributed by atoms with E-state index in [1.807, 2.05) is 48.2 Å². The third-order valence-electron chi connectivity index (χ3n) is 5.92. The average molecular weight is 431 g/mol. The highest BCUT2D eigenvalue weighted by atomic mass is 16.3. The van der Waals surface area contributed by atoms with Crippen LogP contribution in [-0.2, 0) is 11.2 Å². The number of anilines is 1. The molecule has 0 saturated heterocycles. The third kappa shape index (κ3) is 6.06. The van der Waals surface area contributed by atoms with Gasteiger partial charge in [0.1, 0.15) is 6.04 Å². The highest BCUT2D eigenvalue weighted by molar-refractivity contribution is 5.98. The molecule has 0 saturated carbocycles. The minimum absolute atomic E-state index is 0.0214. The van der Waals surface area contributed by atoms with Gasteiger partial charge in [-0.3, -0.25) is 10.1 Å². The summed E-state index contributed by atoms with van der Waals surface area (Å²) in [5, 5.41) is 12.9. The number of hydrogen-bond donors (Lipinski definition) is 2. The summed E-state index contributed by atoms with van der Waals surface area (Å²) < 4.78 is 0. The van der Waals surface area contributed by atoms with Crippen LogP contribution in [0, 0.1) is 20.8 Å². The van der Waals surface area contributed by atoms with Gasteiger partial charge in [-0.25, -0.2) is 0 Å². The van der Waals surface area contributed by atoms with Crippen LogP contribution in [0.1, 0.15) is 40.8 Å². The first-order chi connectivity index (χ1) is 15.4. The molecule has 4 heteroatoms. The topological polar surface area (TPSA) is 52.6 Å². The van der Waals surface area contributed by atoms with Crippen LogP contribution in [0.15, 0.2) is 72.8 Å². The standard InChI is InChI=1S/C28H34N2O2/c1-20-10-13-24(14-11-20)16-17-30(26-15-12-21(2)22(3)18-26)28(32)27(29-23(4)19-31)25-8-6-5-7-9-25/h5-15,18,23,27,29,31H,16-17,19H2,1-4H3. The van der Waals surface area contributed by atoms with E-state index in [0.29, 0.717) is 6.54 Å². The molecule has 0 aliphatic heterocycles. The summed E-state index contributed by atoms with van der Waals surface area (Å²) in [5.74, 6) is -0.0214. The Morgan fingerprint density at radius 3 is 2.25 bits per heavy atom. The number of nitrogens with zero attached hydrogens (tertiary/aromatic N) is 1. The monoisotopic (exact) mass is 430 g/mol. The zero-order valence-electron chi connectivity index (χ0n) is 19.5. The molecule has 3 aromatic carbocycles. The molecule has 3 rings (SSSR count). The number of aliphatic hydroxyl groups excluding tert-OH is 1. The van der Waals surface area contributed by atoms with E-state index >= 15 is 0 Å². The lowest BCUT2D eigenvalue weighted by Crippen LogP contribution is -2.45. The zero-order valence-corrected chi connectivity index (χ0v) is 19.5. The van der Waals surface area contributed by atoms with Gasteiger partial charge in [-0.05, 0) is 68.5 Å². The Morgan fingerprint density at radius 2 is 1.62 bits per heavy atom. The largest absolute Gasteiger partial charge is 0.395 e. The highest BCUT2D eigenvalue weighted by Gasteiger charge is 2.28. The SMILES string of the molecule is Cc1ccc(CCN(C(=O)C(NC(C)CO)c2ccccc2)c2ccc(C)c(C)c2)cc1. The molecule has 168 valence electrons. The van der Waals surface area contributed by atoms with Gasteiger partial charge in [-0.15, -0.1) is 0 Å². The number of carbonyl (C=O) groups excluding carboxylic acids is 1. The fourth-order valence-corrected chi connectivity index (χ4v) is 3.70. The maximum Gasteiger partial charge on any atom is 0.248 e. The third-order valence-corrected chi connectivity index (χ3v) is 5.92. The summed E-state index contributed by atoms with van der Waals surface area (Å²) in [4.78, 5) is 15.8. The lowest BCUT2D eigenvalue weighted by Gasteiger charge is -2.30. The first-order valence-corrected chi connectivity index (χ1v) is 11.2. The van der Waals surface area contributed by atoms with Crippen LogP contribution < -0.4 is 10.2 Å². The van der Waals surface area contributed by atoms with Crippen molar-refractivity contribution in [3.05, 3.63) is 101 Å². The molecule has 0 heterocycles. The van der Waals surface area contributed by atoms with Crippen LogP contribution in [0.2, 0.25) is 0 Å². The summed E-state index contributed by atoms with van der Waals surface area (Å²) in [6.07, 6.45) is 0.760. The van der Waals surface area contributed by atoms with Gasteiger partial charge in [0.05, 0.1) is 6.61 Å². The number of hydrogen-bond acceptors (Lipinski definition) is 3. The Kier molecular flexibility index (Phi) is 8.20. The van der Waals surface area contributed by atoms with Crippen molar-refractivity contribution in [3.8, 4) is 0 Å². The smallest absolute Gasteiger partial charge is 0.248 e. The molecule has 0 radical (unpaired) electrons. The van der Waals surface area contributed by atoms with Gasteiger partial charge in [-0.1, -0.05) is 66.2 Å². The minimum Gasteiger partial charge on any atom is -0.395 e. The Morgan fingerprint density at radius 1 is 0.938 bits per heavy atom. The van der Waals surface area contributed by atoms with Crippen LogP contribution in [-0.4, -0.2) is 30.2 Å². The lowest BCUT2D eigenvalue weighted by molar-refractivity contribution is -0.121. The van der Waals surface area contributed by atoms with E-state index in [-0.39, 0.29) is 18.6 Å². The number of aryl methyl sites for hydroxylation is 3. The lowest BCUT2D eigenvalue weighted by atomic mass is 10.0. The quantitative estimate of drug-likeness (QED) is 0.508. The fraction of sp³-hybridized carbons (Fsp3) is 0.321. The Balaban J connectivity index is 1.95. The van der Waals surface area contributed by atoms with E-state index in [2.05, 4.69) is 62.5 Å². The van der Waals surface area contributed by atoms with Crippen molar-refractivity contribution in [2.75, 3.05) is 18.1 Å². The molecule has 32 heavy (non-hydrogen) atoms. The molecule has 0 aromatic heterocycles. The average Bonchev–Trinajstić information content (AvgIpc) is 2.81. The number of carbonyl (C=O) groups is 1. The van der Waals surface area contributed by atoms with Gasteiger partial charge in [0.15, 0.2) is 0 Å².